The highest BCUT2D eigenvalue weighted by atomic mass is 35.5. The summed E-state index contributed by atoms with van der Waals surface area (Å²) >= 11 is 0. The van der Waals surface area contributed by atoms with Crippen LogP contribution < -0.4 is 17.1 Å². The van der Waals surface area contributed by atoms with Gasteiger partial charge in [-0.3, -0.25) is 0 Å². The van der Waals surface area contributed by atoms with Crippen LogP contribution in [0.1, 0.15) is 23.1 Å². The molecule has 0 saturated heterocycles. The molecule has 0 bridgehead atoms. The first kappa shape index (κ1) is 16.6. The predicted molar refractivity (Wildman–Crippen MR) is 87.5 cm³/mol. The van der Waals surface area contributed by atoms with Crippen LogP contribution in [-0.2, 0) is 6.61 Å². The van der Waals surface area contributed by atoms with Crippen LogP contribution >= 0.6 is 0 Å². The summed E-state index contributed by atoms with van der Waals surface area (Å²) in [5.74, 6) is 0.977. The minimum absolute atomic E-state index is 0. The molecule has 0 saturated carbocycles. The van der Waals surface area contributed by atoms with Gasteiger partial charge < -0.3 is 22.0 Å². The van der Waals surface area contributed by atoms with Gasteiger partial charge in [-0.2, -0.15) is 0 Å². The number of nitrogens with zero attached hydrogens (tertiary/aromatic N) is 1. The summed E-state index contributed by atoms with van der Waals surface area (Å²) in [4.78, 5) is 2.21. The van der Waals surface area contributed by atoms with Crippen molar-refractivity contribution in [3.63, 3.8) is 0 Å². The zero-order valence-corrected chi connectivity index (χ0v) is 13.8. The van der Waals surface area contributed by atoms with Crippen molar-refractivity contribution in [3.8, 4) is 5.75 Å². The molecule has 1 heterocycles. The van der Waals surface area contributed by atoms with Crippen LogP contribution in [0.5, 0.6) is 5.75 Å². The molecule has 2 aromatic carbocycles. The van der Waals surface area contributed by atoms with E-state index in [0.717, 1.165) is 18.7 Å². The molecule has 0 aliphatic carbocycles. The topological polar surface area (TPSA) is 12.5 Å². The third-order valence-electron chi connectivity index (χ3n) is 3.79. The second-order valence-corrected chi connectivity index (χ2v) is 5.65. The van der Waals surface area contributed by atoms with Crippen molar-refractivity contribution in [2.75, 3.05) is 20.6 Å². The molecule has 0 amide bonds. The average Bonchev–Trinajstić information content (AvgIpc) is 2.65. The molecule has 0 aromatic heterocycles. The molecule has 3 heteroatoms. The van der Waals surface area contributed by atoms with Gasteiger partial charge in [-0.05, 0) is 43.3 Å². The Balaban J connectivity index is 0.00000176. The largest absolute Gasteiger partial charge is 1.00 e. The molecule has 2 nitrogen and oxygen atoms in total. The van der Waals surface area contributed by atoms with E-state index in [1.54, 1.807) is 0 Å². The lowest BCUT2D eigenvalue weighted by Crippen LogP contribution is -3.00. The number of fused-ring (bicyclic) bond motifs is 2. The van der Waals surface area contributed by atoms with E-state index in [1.165, 1.54) is 22.3 Å². The van der Waals surface area contributed by atoms with Gasteiger partial charge >= 0.3 is 0 Å². The molecule has 116 valence electrons. The van der Waals surface area contributed by atoms with Crippen LogP contribution in [0.4, 0.5) is 0 Å². The van der Waals surface area contributed by atoms with E-state index in [-0.39, 0.29) is 12.4 Å². The number of ether oxygens (including phenoxy) is 1. The van der Waals surface area contributed by atoms with Crippen LogP contribution in [0.15, 0.2) is 54.6 Å². The first-order valence-corrected chi connectivity index (χ1v) is 7.41. The third kappa shape index (κ3) is 3.52. The standard InChI is InChI=1S/C19H21NO.ClH/c1-20(2)13-7-11-17-16-9-4-3-8-15(16)14-21-19-12-6-5-10-18(17)19;/h3-6,8-12H,7,13-14H2,1-2H3;1H/p-1. The van der Waals surface area contributed by atoms with Gasteiger partial charge in [0.05, 0.1) is 0 Å². The zero-order valence-electron chi connectivity index (χ0n) is 13.1. The molecule has 0 N–H and O–H groups in total. The van der Waals surface area contributed by atoms with Gasteiger partial charge in [-0.1, -0.05) is 48.5 Å². The second kappa shape index (κ2) is 7.48. The highest BCUT2D eigenvalue weighted by molar-refractivity contribution is 5.84. The molecule has 22 heavy (non-hydrogen) atoms. The maximum Gasteiger partial charge on any atom is 0.127 e. The Hall–Kier alpha value is -1.77. The second-order valence-electron chi connectivity index (χ2n) is 5.65. The van der Waals surface area contributed by atoms with Crippen LogP contribution in [0.25, 0.3) is 5.57 Å². The minimum atomic E-state index is 0. The Morgan fingerprint density at radius 2 is 1.68 bits per heavy atom. The van der Waals surface area contributed by atoms with E-state index >= 15 is 0 Å². The average molecular weight is 315 g/mol. The molecule has 1 aliphatic rings. The number of hydrogen-bond donors (Lipinski definition) is 0. The summed E-state index contributed by atoms with van der Waals surface area (Å²) in [7, 11) is 4.22. The first-order chi connectivity index (χ1) is 10.3. The van der Waals surface area contributed by atoms with Crippen molar-refractivity contribution in [1.82, 2.24) is 4.90 Å². The van der Waals surface area contributed by atoms with Gasteiger partial charge in [0, 0.05) is 12.1 Å². The molecule has 0 radical (unpaired) electrons. The number of benzene rings is 2. The van der Waals surface area contributed by atoms with E-state index in [0.29, 0.717) is 6.61 Å². The molecule has 0 spiro atoms. The van der Waals surface area contributed by atoms with E-state index in [2.05, 4.69) is 67.5 Å². The Kier molecular flexibility index (Phi) is 5.64. The molecule has 1 aliphatic heterocycles. The van der Waals surface area contributed by atoms with Gasteiger partial charge in [0.25, 0.3) is 0 Å². The Morgan fingerprint density at radius 3 is 2.45 bits per heavy atom. The molecule has 0 atom stereocenters. The summed E-state index contributed by atoms with van der Waals surface area (Å²) < 4.78 is 5.98. The van der Waals surface area contributed by atoms with Gasteiger partial charge in [-0.25, -0.2) is 0 Å². The fourth-order valence-corrected chi connectivity index (χ4v) is 2.71. The van der Waals surface area contributed by atoms with Crippen LogP contribution in [0, 0.1) is 0 Å². The summed E-state index contributed by atoms with van der Waals surface area (Å²) in [6, 6.07) is 16.9. The summed E-state index contributed by atoms with van der Waals surface area (Å²) in [6.45, 7) is 1.69. The van der Waals surface area contributed by atoms with Gasteiger partial charge in [0.1, 0.15) is 12.4 Å². The maximum absolute atomic E-state index is 5.98. The van der Waals surface area contributed by atoms with Gasteiger partial charge in [0.15, 0.2) is 0 Å². The smallest absolute Gasteiger partial charge is 0.127 e. The van der Waals surface area contributed by atoms with Crippen molar-refractivity contribution in [2.24, 2.45) is 0 Å². The van der Waals surface area contributed by atoms with Crippen LogP contribution in [0.3, 0.4) is 0 Å². The first-order valence-electron chi connectivity index (χ1n) is 7.41. The number of hydrogen-bond acceptors (Lipinski definition) is 2. The van der Waals surface area contributed by atoms with Crippen molar-refractivity contribution in [1.29, 1.82) is 0 Å². The zero-order chi connectivity index (χ0) is 14.7. The van der Waals surface area contributed by atoms with Crippen molar-refractivity contribution < 1.29 is 17.1 Å². The molecule has 3 rings (SSSR count). The molecular formula is C19H21ClNO-. The molecular weight excluding hydrogens is 294 g/mol. The number of rotatable bonds is 3. The fraction of sp³-hybridized carbons (Fsp3) is 0.263. The lowest BCUT2D eigenvalue weighted by Gasteiger charge is -2.12. The van der Waals surface area contributed by atoms with E-state index in [9.17, 15) is 0 Å². The van der Waals surface area contributed by atoms with Crippen molar-refractivity contribution in [3.05, 3.63) is 71.3 Å². The van der Waals surface area contributed by atoms with Crippen molar-refractivity contribution in [2.45, 2.75) is 13.0 Å². The summed E-state index contributed by atoms with van der Waals surface area (Å²) in [5, 5.41) is 0. The fourth-order valence-electron chi connectivity index (χ4n) is 2.71. The van der Waals surface area contributed by atoms with Crippen molar-refractivity contribution >= 4 is 5.57 Å². The maximum atomic E-state index is 5.98. The minimum Gasteiger partial charge on any atom is -1.00 e. The lowest BCUT2D eigenvalue weighted by atomic mass is 9.93. The predicted octanol–water partition coefficient (Wildman–Crippen LogP) is 0.966. The third-order valence-corrected chi connectivity index (χ3v) is 3.79. The van der Waals surface area contributed by atoms with E-state index in [1.807, 2.05) is 6.07 Å². The highest BCUT2D eigenvalue weighted by Crippen LogP contribution is 2.36. The highest BCUT2D eigenvalue weighted by Gasteiger charge is 2.17. The number of para-hydroxylation sites is 1. The Morgan fingerprint density at radius 1 is 1.00 bits per heavy atom. The summed E-state index contributed by atoms with van der Waals surface area (Å²) in [6.07, 6.45) is 3.37. The van der Waals surface area contributed by atoms with Gasteiger partial charge in [-0.15, -0.1) is 0 Å². The lowest BCUT2D eigenvalue weighted by molar-refractivity contribution is -0.00000462. The molecule has 2 aromatic rings. The quantitative estimate of drug-likeness (QED) is 0.837. The van der Waals surface area contributed by atoms with Crippen LogP contribution in [-0.4, -0.2) is 25.5 Å². The SMILES string of the molecule is CN(C)CCC=C1c2ccccc2COc2ccccc21.[Cl-]. The van der Waals surface area contributed by atoms with E-state index in [4.69, 9.17) is 4.74 Å². The summed E-state index contributed by atoms with van der Waals surface area (Å²) in [5.41, 5.74) is 5.03. The Labute approximate surface area is 138 Å². The Bertz CT molecular complexity index is 614. The van der Waals surface area contributed by atoms with E-state index < -0.39 is 0 Å². The molecule has 0 fully saturated rings. The number of halogens is 1. The normalized spacial score (nSPS) is 14.6. The van der Waals surface area contributed by atoms with Crippen LogP contribution in [0.2, 0.25) is 0 Å². The molecule has 0 unspecified atom stereocenters. The monoisotopic (exact) mass is 314 g/mol. The van der Waals surface area contributed by atoms with Gasteiger partial charge in [0.2, 0.25) is 0 Å².